The normalized spacial score (nSPS) is 14.3. The third-order valence-electron chi connectivity index (χ3n) is 1.91. The van der Waals surface area contributed by atoms with Crippen molar-refractivity contribution in [1.82, 2.24) is 5.32 Å². The lowest BCUT2D eigenvalue weighted by molar-refractivity contribution is 0.316. The Kier molecular flexibility index (Phi) is 8.87. The van der Waals surface area contributed by atoms with Crippen LogP contribution in [0.5, 0.6) is 0 Å². The number of oxime groups is 1. The largest absolute Gasteiger partial charge is 0.409 e. The Bertz CT molecular complexity index is 164. The predicted molar refractivity (Wildman–Crippen MR) is 63.1 cm³/mol. The zero-order chi connectivity index (χ0) is 10.8. The molecule has 5 heteroatoms. The number of thioether (sulfide) groups is 1. The fourth-order valence-corrected chi connectivity index (χ4v) is 1.64. The molecular weight excluding hydrogens is 198 g/mol. The van der Waals surface area contributed by atoms with Crippen LogP contribution in [0.15, 0.2) is 5.16 Å². The first-order chi connectivity index (χ1) is 6.70. The number of hydrogen-bond donors (Lipinski definition) is 3. The fraction of sp³-hybridized carbons (Fsp3) is 0.889. The highest BCUT2D eigenvalue weighted by Crippen LogP contribution is 1.98. The number of amidine groups is 1. The Labute approximate surface area is 90.3 Å². The molecule has 0 bridgehead atoms. The van der Waals surface area contributed by atoms with Crippen LogP contribution >= 0.6 is 11.8 Å². The van der Waals surface area contributed by atoms with Gasteiger partial charge in [-0.15, -0.1) is 0 Å². The monoisotopic (exact) mass is 219 g/mol. The van der Waals surface area contributed by atoms with Crippen LogP contribution in [-0.2, 0) is 0 Å². The summed E-state index contributed by atoms with van der Waals surface area (Å²) in [5, 5.41) is 14.6. The summed E-state index contributed by atoms with van der Waals surface area (Å²) in [4.78, 5) is 0. The first-order valence-corrected chi connectivity index (χ1v) is 6.28. The number of nitrogens with one attached hydrogen (secondary N) is 1. The van der Waals surface area contributed by atoms with Gasteiger partial charge in [-0.3, -0.25) is 0 Å². The van der Waals surface area contributed by atoms with Crippen molar-refractivity contribution < 1.29 is 5.21 Å². The number of hydrogen-bond acceptors (Lipinski definition) is 4. The lowest BCUT2D eigenvalue weighted by Gasteiger charge is -2.12. The van der Waals surface area contributed by atoms with Crippen molar-refractivity contribution in [3.8, 4) is 0 Å². The van der Waals surface area contributed by atoms with Gasteiger partial charge >= 0.3 is 0 Å². The minimum absolute atomic E-state index is 0.278. The fourth-order valence-electron chi connectivity index (χ4n) is 1.15. The van der Waals surface area contributed by atoms with Gasteiger partial charge in [-0.2, -0.15) is 11.8 Å². The molecule has 4 nitrogen and oxygen atoms in total. The van der Waals surface area contributed by atoms with E-state index in [0.717, 1.165) is 6.54 Å². The summed E-state index contributed by atoms with van der Waals surface area (Å²) in [6.07, 6.45) is 5.14. The molecule has 4 N–H and O–H groups in total. The second-order valence-electron chi connectivity index (χ2n) is 3.35. The number of nitrogens with zero attached hydrogens (tertiary/aromatic N) is 1. The SMILES string of the molecule is CSCCCCNC(C)CC(N)=NO. The van der Waals surface area contributed by atoms with Crippen LogP contribution in [-0.4, -0.2) is 35.6 Å². The lowest BCUT2D eigenvalue weighted by atomic mass is 10.2. The molecule has 1 atom stereocenters. The Morgan fingerprint density at radius 1 is 1.57 bits per heavy atom. The van der Waals surface area contributed by atoms with Crippen LogP contribution < -0.4 is 11.1 Å². The molecule has 0 fully saturated rings. The van der Waals surface area contributed by atoms with Crippen molar-refractivity contribution in [3.63, 3.8) is 0 Å². The van der Waals surface area contributed by atoms with E-state index in [0.29, 0.717) is 6.42 Å². The van der Waals surface area contributed by atoms with E-state index in [1.54, 1.807) is 0 Å². The Hall–Kier alpha value is -0.420. The van der Waals surface area contributed by atoms with E-state index < -0.39 is 0 Å². The zero-order valence-corrected chi connectivity index (χ0v) is 9.81. The van der Waals surface area contributed by atoms with Crippen LogP contribution in [0, 0.1) is 0 Å². The van der Waals surface area contributed by atoms with Gasteiger partial charge in [-0.1, -0.05) is 5.16 Å². The number of unbranched alkanes of at least 4 members (excludes halogenated alkanes) is 1. The molecule has 0 heterocycles. The van der Waals surface area contributed by atoms with Crippen molar-refractivity contribution >= 4 is 17.6 Å². The third-order valence-corrected chi connectivity index (χ3v) is 2.61. The summed E-state index contributed by atoms with van der Waals surface area (Å²) < 4.78 is 0. The number of rotatable bonds is 8. The van der Waals surface area contributed by atoms with Crippen LogP contribution in [0.25, 0.3) is 0 Å². The van der Waals surface area contributed by atoms with Crippen molar-refractivity contribution in [2.45, 2.75) is 32.2 Å². The molecule has 0 amide bonds. The Balaban J connectivity index is 3.31. The molecule has 0 aliphatic heterocycles. The third kappa shape index (κ3) is 8.19. The molecule has 0 saturated carbocycles. The molecule has 14 heavy (non-hydrogen) atoms. The average molecular weight is 219 g/mol. The smallest absolute Gasteiger partial charge is 0.140 e. The summed E-state index contributed by atoms with van der Waals surface area (Å²) in [6.45, 7) is 3.03. The first-order valence-electron chi connectivity index (χ1n) is 4.89. The summed E-state index contributed by atoms with van der Waals surface area (Å²) in [6, 6.07) is 0.278. The summed E-state index contributed by atoms with van der Waals surface area (Å²) in [5.74, 6) is 1.50. The second-order valence-corrected chi connectivity index (χ2v) is 4.34. The molecule has 0 aromatic rings. The molecular formula is C9H21N3OS. The second kappa shape index (κ2) is 9.15. The molecule has 0 radical (unpaired) electrons. The van der Waals surface area contributed by atoms with E-state index in [1.165, 1.54) is 18.6 Å². The van der Waals surface area contributed by atoms with E-state index in [-0.39, 0.29) is 11.9 Å². The van der Waals surface area contributed by atoms with Gasteiger partial charge in [-0.25, -0.2) is 0 Å². The van der Waals surface area contributed by atoms with Gasteiger partial charge in [-0.05, 0) is 38.3 Å². The van der Waals surface area contributed by atoms with E-state index in [9.17, 15) is 0 Å². The van der Waals surface area contributed by atoms with Gasteiger partial charge in [0.15, 0.2) is 0 Å². The predicted octanol–water partition coefficient (Wildman–Crippen LogP) is 1.24. The molecule has 0 aliphatic carbocycles. The maximum Gasteiger partial charge on any atom is 0.140 e. The molecule has 0 rings (SSSR count). The highest BCUT2D eigenvalue weighted by atomic mass is 32.2. The van der Waals surface area contributed by atoms with Gasteiger partial charge in [0, 0.05) is 12.5 Å². The summed E-state index contributed by atoms with van der Waals surface area (Å²) in [7, 11) is 0. The van der Waals surface area contributed by atoms with E-state index in [2.05, 4.69) is 16.7 Å². The molecule has 0 aromatic carbocycles. The summed E-state index contributed by atoms with van der Waals surface area (Å²) in [5.41, 5.74) is 5.38. The van der Waals surface area contributed by atoms with E-state index in [1.807, 2.05) is 18.7 Å². The highest BCUT2D eigenvalue weighted by Gasteiger charge is 2.03. The molecule has 0 saturated heterocycles. The van der Waals surface area contributed by atoms with Crippen LogP contribution in [0.3, 0.4) is 0 Å². The zero-order valence-electron chi connectivity index (χ0n) is 8.99. The molecule has 84 valence electrons. The van der Waals surface area contributed by atoms with Crippen LogP contribution in [0.2, 0.25) is 0 Å². The molecule has 0 aromatic heterocycles. The van der Waals surface area contributed by atoms with Gasteiger partial charge in [0.25, 0.3) is 0 Å². The lowest BCUT2D eigenvalue weighted by Crippen LogP contribution is -2.31. The van der Waals surface area contributed by atoms with Crippen molar-refractivity contribution in [2.75, 3.05) is 18.6 Å². The number of nitrogens with two attached hydrogens (primary N) is 1. The topological polar surface area (TPSA) is 70.6 Å². The highest BCUT2D eigenvalue weighted by molar-refractivity contribution is 7.98. The Morgan fingerprint density at radius 3 is 2.86 bits per heavy atom. The molecule has 0 aliphatic rings. The van der Waals surface area contributed by atoms with Crippen LogP contribution in [0.4, 0.5) is 0 Å². The van der Waals surface area contributed by atoms with Gasteiger partial charge in [0.05, 0.1) is 0 Å². The van der Waals surface area contributed by atoms with E-state index in [4.69, 9.17) is 10.9 Å². The van der Waals surface area contributed by atoms with Crippen molar-refractivity contribution in [2.24, 2.45) is 10.9 Å². The van der Waals surface area contributed by atoms with Crippen molar-refractivity contribution in [3.05, 3.63) is 0 Å². The van der Waals surface area contributed by atoms with Gasteiger partial charge in [0.1, 0.15) is 5.84 Å². The molecule has 0 spiro atoms. The van der Waals surface area contributed by atoms with Gasteiger partial charge < -0.3 is 16.3 Å². The maximum atomic E-state index is 8.36. The summed E-state index contributed by atoms with van der Waals surface area (Å²) >= 11 is 1.87. The molecule has 1 unspecified atom stereocenters. The van der Waals surface area contributed by atoms with E-state index >= 15 is 0 Å². The van der Waals surface area contributed by atoms with Crippen LogP contribution in [0.1, 0.15) is 26.2 Å². The maximum absolute atomic E-state index is 8.36. The quantitative estimate of drug-likeness (QED) is 0.189. The first kappa shape index (κ1) is 13.6. The minimum atomic E-state index is 0.278. The van der Waals surface area contributed by atoms with Crippen molar-refractivity contribution in [1.29, 1.82) is 0 Å². The van der Waals surface area contributed by atoms with Gasteiger partial charge in [0.2, 0.25) is 0 Å². The standard InChI is InChI=1S/C9H21N3OS/c1-8(7-9(10)12-13)11-5-3-4-6-14-2/h8,11,13H,3-7H2,1-2H3,(H2,10,12). The Morgan fingerprint density at radius 2 is 2.29 bits per heavy atom. The minimum Gasteiger partial charge on any atom is -0.409 e. The average Bonchev–Trinajstić information content (AvgIpc) is 2.17.